The van der Waals surface area contributed by atoms with Gasteiger partial charge in [0.1, 0.15) is 0 Å². The molecule has 0 heterocycles. The maximum Gasteiger partial charge on any atom is 0.266 e. The minimum Gasteiger partial charge on any atom is -0.274 e. The third kappa shape index (κ3) is 4.33. The molecule has 0 radical (unpaired) electrons. The van der Waals surface area contributed by atoms with Crippen LogP contribution in [-0.2, 0) is 4.57 Å². The maximum absolute atomic E-state index is 10.1. The van der Waals surface area contributed by atoms with Crippen LogP contribution in [0.25, 0.3) is 0 Å². The minimum absolute atomic E-state index is 0.585. The van der Waals surface area contributed by atoms with Gasteiger partial charge in [0.25, 0.3) is 7.59 Å². The zero-order valence-corrected chi connectivity index (χ0v) is 6.40. The first kappa shape index (κ1) is 6.33. The second-order valence-corrected chi connectivity index (χ2v) is 4.14. The van der Waals surface area contributed by atoms with E-state index in [1.165, 1.54) is 0 Å². The molecule has 38 valence electrons. The summed E-state index contributed by atoms with van der Waals surface area (Å²) in [5.41, 5.74) is 9.58. The SMILES string of the molecule is NP(N)(=O)N[SiH3]. The van der Waals surface area contributed by atoms with Crippen LogP contribution in [0.5, 0.6) is 0 Å². The molecule has 0 saturated heterocycles. The van der Waals surface area contributed by atoms with Crippen LogP contribution < -0.4 is 15.8 Å². The van der Waals surface area contributed by atoms with Gasteiger partial charge in [0.15, 0.2) is 0 Å². The maximum atomic E-state index is 10.1. The highest BCUT2D eigenvalue weighted by Gasteiger charge is 1.97. The number of rotatable bonds is 1. The summed E-state index contributed by atoms with van der Waals surface area (Å²) >= 11 is 0. The average Bonchev–Trinajstić information content (AvgIpc) is 1.35. The highest BCUT2D eigenvalue weighted by atomic mass is 31.2. The average molecular weight is 125 g/mol. The summed E-state index contributed by atoms with van der Waals surface area (Å²) in [6.07, 6.45) is 0. The van der Waals surface area contributed by atoms with Gasteiger partial charge < -0.3 is 0 Å². The van der Waals surface area contributed by atoms with Crippen molar-refractivity contribution in [3.8, 4) is 0 Å². The molecule has 6 heteroatoms. The van der Waals surface area contributed by atoms with Crippen LogP contribution in [0.15, 0.2) is 0 Å². The summed E-state index contributed by atoms with van der Waals surface area (Å²) in [4.78, 5) is 0. The van der Waals surface area contributed by atoms with Gasteiger partial charge in [-0.2, -0.15) is 0 Å². The van der Waals surface area contributed by atoms with Gasteiger partial charge in [-0.05, 0) is 0 Å². The Morgan fingerprint density at radius 3 is 1.83 bits per heavy atom. The molecule has 0 saturated carbocycles. The molecule has 0 rings (SSSR count). The Balaban J connectivity index is 3.48. The van der Waals surface area contributed by atoms with E-state index in [1.807, 2.05) is 0 Å². The highest BCUT2D eigenvalue weighted by molar-refractivity contribution is 7.58. The Hall–Kier alpha value is 0.327. The van der Waals surface area contributed by atoms with Crippen molar-refractivity contribution in [2.45, 2.75) is 0 Å². The second-order valence-electron chi connectivity index (χ2n) is 0.933. The van der Waals surface area contributed by atoms with Crippen LogP contribution >= 0.6 is 7.59 Å². The molecule has 0 aliphatic rings. The number of nitrogens with two attached hydrogens (primary N) is 2. The fraction of sp³-hybridized carbons (Fsp3) is 0. The van der Waals surface area contributed by atoms with Gasteiger partial charge in [0.05, 0.1) is 10.4 Å². The predicted octanol–water partition coefficient (Wildman–Crippen LogP) is -2.12. The van der Waals surface area contributed by atoms with E-state index in [-0.39, 0.29) is 0 Å². The van der Waals surface area contributed by atoms with E-state index in [0.717, 1.165) is 0 Å². The summed E-state index contributed by atoms with van der Waals surface area (Å²) in [5.74, 6) is 0. The normalized spacial score (nSPS) is 12.3. The summed E-state index contributed by atoms with van der Waals surface area (Å²) in [7, 11) is -2.25. The summed E-state index contributed by atoms with van der Waals surface area (Å²) < 4.78 is 12.4. The van der Waals surface area contributed by atoms with Crippen LogP contribution in [0.1, 0.15) is 0 Å². The van der Waals surface area contributed by atoms with Crippen molar-refractivity contribution in [2.75, 3.05) is 0 Å². The lowest BCUT2D eigenvalue weighted by Gasteiger charge is -1.99. The Kier molecular flexibility index (Phi) is 1.96. The van der Waals surface area contributed by atoms with Gasteiger partial charge in [-0.15, -0.1) is 0 Å². The Bertz CT molecular complexity index is 74.9. The Labute approximate surface area is 39.3 Å². The highest BCUT2D eigenvalue weighted by Crippen LogP contribution is 2.13. The molecule has 5 N–H and O–H groups in total. The fourth-order valence-corrected chi connectivity index (χ4v) is 0. The molecular weight excluding hydrogens is 117 g/mol. The van der Waals surface area contributed by atoms with Crippen molar-refractivity contribution in [2.24, 2.45) is 11.0 Å². The van der Waals surface area contributed by atoms with Crippen LogP contribution in [0.2, 0.25) is 0 Å². The van der Waals surface area contributed by atoms with Crippen LogP contribution in [0.3, 0.4) is 0 Å². The predicted molar refractivity (Wildman–Crippen MR) is 29.1 cm³/mol. The molecule has 0 fully saturated rings. The molecule has 0 unspecified atom stereocenters. The van der Waals surface area contributed by atoms with E-state index in [2.05, 4.69) is 4.75 Å². The first-order valence-corrected chi connectivity index (χ1v) is 4.27. The van der Waals surface area contributed by atoms with Crippen molar-refractivity contribution >= 4 is 18.0 Å². The van der Waals surface area contributed by atoms with Crippen LogP contribution in [0.4, 0.5) is 0 Å². The van der Waals surface area contributed by atoms with Gasteiger partial charge in [0.2, 0.25) is 0 Å². The van der Waals surface area contributed by atoms with Gasteiger partial charge >= 0.3 is 0 Å². The van der Waals surface area contributed by atoms with Crippen LogP contribution in [-0.4, -0.2) is 10.4 Å². The molecule has 0 aliphatic heterocycles. The largest absolute Gasteiger partial charge is 0.274 e. The molecule has 0 aliphatic carbocycles. The molecule has 0 aromatic carbocycles. The van der Waals surface area contributed by atoms with Crippen molar-refractivity contribution < 1.29 is 4.57 Å². The van der Waals surface area contributed by atoms with E-state index in [4.69, 9.17) is 11.0 Å². The molecule has 0 spiro atoms. The molecule has 6 heavy (non-hydrogen) atoms. The van der Waals surface area contributed by atoms with E-state index < -0.39 is 7.59 Å². The summed E-state index contributed by atoms with van der Waals surface area (Å²) in [6.45, 7) is 0. The zero-order chi connectivity index (χ0) is 5.21. The standard InChI is InChI=1S/H8N3OPSi/c1-5(2,4)3-6/h6H3,(H5,1,2,3,4). The van der Waals surface area contributed by atoms with Gasteiger partial charge in [0, 0.05) is 0 Å². The van der Waals surface area contributed by atoms with Crippen molar-refractivity contribution in [3.05, 3.63) is 0 Å². The first-order chi connectivity index (χ1) is 2.56. The van der Waals surface area contributed by atoms with Gasteiger partial charge in [-0.3, -0.25) is 20.3 Å². The smallest absolute Gasteiger partial charge is 0.266 e. The van der Waals surface area contributed by atoms with E-state index in [0.29, 0.717) is 10.4 Å². The van der Waals surface area contributed by atoms with Crippen molar-refractivity contribution in [1.29, 1.82) is 0 Å². The third-order valence-electron chi connectivity index (χ3n) is 0.349. The monoisotopic (exact) mass is 125 g/mol. The minimum atomic E-state index is -2.83. The van der Waals surface area contributed by atoms with Crippen molar-refractivity contribution in [1.82, 2.24) is 4.75 Å². The molecule has 0 amide bonds. The molecule has 0 aromatic rings. The van der Waals surface area contributed by atoms with Gasteiger partial charge in [-0.1, -0.05) is 0 Å². The summed E-state index contributed by atoms with van der Waals surface area (Å²) in [6, 6.07) is 0. The topological polar surface area (TPSA) is 81.1 Å². The molecule has 0 aromatic heterocycles. The lowest BCUT2D eigenvalue weighted by Crippen LogP contribution is -2.18. The number of hydrogen-bond donors (Lipinski definition) is 3. The van der Waals surface area contributed by atoms with Crippen LogP contribution in [0, 0.1) is 0 Å². The fourth-order valence-electron chi connectivity index (χ4n) is 0. The lowest BCUT2D eigenvalue weighted by molar-refractivity contribution is 0.575. The van der Waals surface area contributed by atoms with E-state index >= 15 is 0 Å². The number of nitrogens with one attached hydrogen (secondary N) is 1. The van der Waals surface area contributed by atoms with E-state index in [9.17, 15) is 4.57 Å². The molecular formula is H8N3OPSi. The number of hydrogen-bond acceptors (Lipinski definition) is 1. The second kappa shape index (κ2) is 1.86. The first-order valence-electron chi connectivity index (χ1n) is 1.42. The molecule has 0 bridgehead atoms. The van der Waals surface area contributed by atoms with Crippen molar-refractivity contribution in [3.63, 3.8) is 0 Å². The van der Waals surface area contributed by atoms with Gasteiger partial charge in [-0.25, -0.2) is 0 Å². The molecule has 4 nitrogen and oxygen atoms in total. The Morgan fingerprint density at radius 1 is 1.67 bits per heavy atom. The zero-order valence-electron chi connectivity index (χ0n) is 3.51. The summed E-state index contributed by atoms with van der Waals surface area (Å²) in [5, 5.41) is 0. The lowest BCUT2D eigenvalue weighted by atomic mass is 13.8. The third-order valence-corrected chi connectivity index (χ3v) is 3.15. The molecule has 0 atom stereocenters. The van der Waals surface area contributed by atoms with E-state index in [1.54, 1.807) is 0 Å². The Morgan fingerprint density at radius 2 is 1.83 bits per heavy atom. The quantitative estimate of drug-likeness (QED) is 0.276.